The quantitative estimate of drug-likeness (QED) is 0.747. The number of carbonyl (C=O) groups excluding carboxylic acids is 1. The summed E-state index contributed by atoms with van der Waals surface area (Å²) in [5.74, 6) is -2.00. The van der Waals surface area contributed by atoms with E-state index >= 15 is 0 Å². The zero-order valence-electron chi connectivity index (χ0n) is 8.99. The second-order valence-corrected chi connectivity index (χ2v) is 4.13. The summed E-state index contributed by atoms with van der Waals surface area (Å²) in [6, 6.07) is -1.13. The van der Waals surface area contributed by atoms with Gasteiger partial charge in [-0.1, -0.05) is 0 Å². The summed E-state index contributed by atoms with van der Waals surface area (Å²) < 4.78 is 37.7. The molecule has 0 spiro atoms. The molecule has 0 aromatic carbocycles. The number of aliphatic hydroxyl groups is 1. The van der Waals surface area contributed by atoms with Gasteiger partial charge in [0.15, 0.2) is 5.60 Å². The number of carbonyl (C=O) groups is 2. The highest BCUT2D eigenvalue weighted by atomic mass is 19.4. The third kappa shape index (κ3) is 2.68. The van der Waals surface area contributed by atoms with Crippen molar-refractivity contribution < 1.29 is 33.0 Å². The van der Waals surface area contributed by atoms with Crippen LogP contribution >= 0.6 is 0 Å². The fourth-order valence-electron chi connectivity index (χ4n) is 1.93. The van der Waals surface area contributed by atoms with Crippen molar-refractivity contribution in [1.29, 1.82) is 0 Å². The van der Waals surface area contributed by atoms with Crippen LogP contribution in [0.25, 0.3) is 0 Å². The molecule has 1 amide bonds. The summed E-state index contributed by atoms with van der Waals surface area (Å²) >= 11 is 0. The van der Waals surface area contributed by atoms with Crippen LogP contribution in [0.2, 0.25) is 0 Å². The average molecular weight is 255 g/mol. The molecule has 1 heterocycles. The summed E-state index contributed by atoms with van der Waals surface area (Å²) in [6.07, 6.45) is -6.30. The summed E-state index contributed by atoms with van der Waals surface area (Å²) in [7, 11) is 0. The molecule has 2 unspecified atom stereocenters. The number of halogens is 3. The Bertz CT molecular complexity index is 344. The van der Waals surface area contributed by atoms with Gasteiger partial charge in [-0.25, -0.2) is 0 Å². The van der Waals surface area contributed by atoms with Crippen molar-refractivity contribution in [2.24, 2.45) is 0 Å². The van der Waals surface area contributed by atoms with Gasteiger partial charge in [-0.05, 0) is 0 Å². The van der Waals surface area contributed by atoms with Crippen molar-refractivity contribution in [2.75, 3.05) is 6.54 Å². The van der Waals surface area contributed by atoms with Crippen LogP contribution in [0.4, 0.5) is 13.2 Å². The molecule has 17 heavy (non-hydrogen) atoms. The Morgan fingerprint density at radius 1 is 1.47 bits per heavy atom. The SMILES string of the molecule is CC(=O)N1CC(O)(C(F)(F)F)CC1CC(=O)O. The number of hydrogen-bond donors (Lipinski definition) is 2. The van der Waals surface area contributed by atoms with Crippen LogP contribution in [0.3, 0.4) is 0 Å². The lowest BCUT2D eigenvalue weighted by Gasteiger charge is -2.25. The van der Waals surface area contributed by atoms with E-state index in [1.54, 1.807) is 0 Å². The van der Waals surface area contributed by atoms with Gasteiger partial charge in [0.2, 0.25) is 5.91 Å². The van der Waals surface area contributed by atoms with Crippen molar-refractivity contribution >= 4 is 11.9 Å². The van der Waals surface area contributed by atoms with E-state index < -0.39 is 49.1 Å². The van der Waals surface area contributed by atoms with E-state index in [1.165, 1.54) is 0 Å². The van der Waals surface area contributed by atoms with Crippen LogP contribution in [0.1, 0.15) is 19.8 Å². The smallest absolute Gasteiger partial charge is 0.419 e. The van der Waals surface area contributed by atoms with Gasteiger partial charge >= 0.3 is 12.1 Å². The number of nitrogens with zero attached hydrogens (tertiary/aromatic N) is 1. The van der Waals surface area contributed by atoms with Gasteiger partial charge in [0.1, 0.15) is 0 Å². The molecule has 0 aromatic heterocycles. The number of β-amino-alcohol motifs (C(OH)–C–C–N with tert-alkyl or cyclic N) is 1. The first kappa shape index (κ1) is 13.8. The predicted molar refractivity (Wildman–Crippen MR) is 49.0 cm³/mol. The Morgan fingerprint density at radius 3 is 2.35 bits per heavy atom. The monoisotopic (exact) mass is 255 g/mol. The second kappa shape index (κ2) is 4.17. The molecule has 0 bridgehead atoms. The number of hydrogen-bond acceptors (Lipinski definition) is 3. The zero-order chi connectivity index (χ0) is 13.4. The highest BCUT2D eigenvalue weighted by Gasteiger charge is 2.60. The van der Waals surface area contributed by atoms with Gasteiger partial charge in [-0.2, -0.15) is 13.2 Å². The third-order valence-electron chi connectivity index (χ3n) is 2.79. The van der Waals surface area contributed by atoms with Crippen molar-refractivity contribution in [3.63, 3.8) is 0 Å². The molecule has 8 heteroatoms. The molecule has 0 aliphatic carbocycles. The van der Waals surface area contributed by atoms with E-state index in [0.717, 1.165) is 11.8 Å². The molecule has 1 aliphatic heterocycles. The van der Waals surface area contributed by atoms with Crippen molar-refractivity contribution in [3.05, 3.63) is 0 Å². The summed E-state index contributed by atoms with van der Waals surface area (Å²) in [4.78, 5) is 22.3. The minimum absolute atomic E-state index is 0.613. The van der Waals surface area contributed by atoms with E-state index in [4.69, 9.17) is 5.11 Å². The summed E-state index contributed by atoms with van der Waals surface area (Å²) in [6.45, 7) is 0.126. The molecule has 0 radical (unpaired) electrons. The fraction of sp³-hybridized carbons (Fsp3) is 0.778. The molecule has 1 fully saturated rings. The molecular weight excluding hydrogens is 243 g/mol. The molecule has 98 valence electrons. The van der Waals surface area contributed by atoms with E-state index in [-0.39, 0.29) is 0 Å². The van der Waals surface area contributed by atoms with Gasteiger partial charge in [0.25, 0.3) is 0 Å². The normalized spacial score (nSPS) is 29.5. The largest absolute Gasteiger partial charge is 0.481 e. The lowest BCUT2D eigenvalue weighted by Crippen LogP contribution is -2.47. The number of carboxylic acids is 1. The Labute approximate surface area is 94.8 Å². The Balaban J connectivity index is 2.93. The minimum Gasteiger partial charge on any atom is -0.481 e. The van der Waals surface area contributed by atoms with Crippen LogP contribution < -0.4 is 0 Å². The second-order valence-electron chi connectivity index (χ2n) is 4.13. The van der Waals surface area contributed by atoms with Crippen LogP contribution in [0.15, 0.2) is 0 Å². The van der Waals surface area contributed by atoms with Crippen molar-refractivity contribution in [2.45, 2.75) is 37.6 Å². The summed E-state index contributed by atoms with van der Waals surface area (Å²) in [5, 5.41) is 18.0. The molecular formula is C9H12F3NO4. The molecule has 1 saturated heterocycles. The average Bonchev–Trinajstić information content (AvgIpc) is 2.41. The number of likely N-dealkylation sites (tertiary alicyclic amines) is 1. The van der Waals surface area contributed by atoms with E-state index in [2.05, 4.69) is 0 Å². The highest BCUT2D eigenvalue weighted by molar-refractivity contribution is 5.76. The maximum Gasteiger partial charge on any atom is 0.419 e. The first-order valence-corrected chi connectivity index (χ1v) is 4.85. The standard InChI is InChI=1S/C9H12F3NO4/c1-5(14)13-4-8(17,9(10,11)12)3-6(13)2-7(15)16/h6,17H,2-4H2,1H3,(H,15,16). The van der Waals surface area contributed by atoms with Gasteiger partial charge in [0.05, 0.1) is 13.0 Å². The maximum absolute atomic E-state index is 12.6. The molecule has 2 atom stereocenters. The Hall–Kier alpha value is -1.31. The number of carboxylic acid groups (broad SMARTS) is 1. The van der Waals surface area contributed by atoms with Crippen LogP contribution in [0, 0.1) is 0 Å². The fourth-order valence-corrected chi connectivity index (χ4v) is 1.93. The van der Waals surface area contributed by atoms with Crippen LogP contribution in [0.5, 0.6) is 0 Å². The molecule has 0 aromatic rings. The minimum atomic E-state index is -4.88. The van der Waals surface area contributed by atoms with Gasteiger partial charge in [0, 0.05) is 19.4 Å². The number of rotatable bonds is 2. The van der Waals surface area contributed by atoms with Gasteiger partial charge < -0.3 is 15.1 Å². The van der Waals surface area contributed by atoms with Gasteiger partial charge in [-0.15, -0.1) is 0 Å². The van der Waals surface area contributed by atoms with Crippen LogP contribution in [-0.2, 0) is 9.59 Å². The van der Waals surface area contributed by atoms with E-state index in [0.29, 0.717) is 0 Å². The molecule has 2 N–H and O–H groups in total. The van der Waals surface area contributed by atoms with Crippen LogP contribution in [-0.4, -0.2) is 51.4 Å². The lowest BCUT2D eigenvalue weighted by molar-refractivity contribution is -0.254. The lowest BCUT2D eigenvalue weighted by atomic mass is 9.98. The van der Waals surface area contributed by atoms with Gasteiger partial charge in [-0.3, -0.25) is 9.59 Å². The molecule has 1 rings (SSSR count). The highest BCUT2D eigenvalue weighted by Crippen LogP contribution is 2.41. The maximum atomic E-state index is 12.6. The molecule has 0 saturated carbocycles. The Morgan fingerprint density at radius 2 is 2.00 bits per heavy atom. The van der Waals surface area contributed by atoms with E-state index in [9.17, 15) is 27.9 Å². The molecule has 5 nitrogen and oxygen atoms in total. The Kier molecular flexibility index (Phi) is 3.37. The topological polar surface area (TPSA) is 77.8 Å². The number of alkyl halides is 3. The first-order valence-electron chi connectivity index (χ1n) is 4.85. The first-order chi connectivity index (χ1) is 7.57. The number of amides is 1. The van der Waals surface area contributed by atoms with E-state index in [1.807, 2.05) is 0 Å². The summed E-state index contributed by atoms with van der Waals surface area (Å²) in [5.41, 5.74) is -3.02. The molecule has 1 aliphatic rings. The number of aliphatic carboxylic acids is 1. The zero-order valence-corrected chi connectivity index (χ0v) is 8.99. The van der Waals surface area contributed by atoms with Crippen molar-refractivity contribution in [1.82, 2.24) is 4.90 Å². The third-order valence-corrected chi connectivity index (χ3v) is 2.79. The predicted octanol–water partition coefficient (Wildman–Crippen LogP) is 0.375. The van der Waals surface area contributed by atoms with Crippen molar-refractivity contribution in [3.8, 4) is 0 Å².